The molecule has 0 amide bonds. The quantitative estimate of drug-likeness (QED) is 0.455. The van der Waals surface area contributed by atoms with Crippen LogP contribution in [0.3, 0.4) is 0 Å². The Hall–Kier alpha value is -2.61. The van der Waals surface area contributed by atoms with E-state index in [1.54, 1.807) is 12.1 Å². The molecule has 0 spiro atoms. The Balaban J connectivity index is 2.31. The average Bonchev–Trinajstić information content (AvgIpc) is 2.75. The summed E-state index contributed by atoms with van der Waals surface area (Å²) >= 11 is 0. The third-order valence-corrected chi connectivity index (χ3v) is 5.45. The van der Waals surface area contributed by atoms with E-state index in [9.17, 15) is 23.2 Å². The summed E-state index contributed by atoms with van der Waals surface area (Å²) in [6, 6.07) is 16.9. The van der Waals surface area contributed by atoms with E-state index in [0.29, 0.717) is 23.1 Å². The van der Waals surface area contributed by atoms with Crippen LogP contribution in [0.5, 0.6) is 0 Å². The fraction of sp³-hybridized carbons (Fsp3) is 0.250. The van der Waals surface area contributed by atoms with Crippen LogP contribution in [-0.4, -0.2) is 17.4 Å². The molecule has 0 saturated heterocycles. The number of unbranched alkanes of at least 4 members (excludes halogenated alkanes) is 1. The van der Waals surface area contributed by atoms with E-state index in [0.717, 1.165) is 12.8 Å². The molecule has 2 N–H and O–H groups in total. The molecule has 1 atom stereocenters. The third-order valence-electron chi connectivity index (χ3n) is 5.45. The molecule has 7 heteroatoms. The van der Waals surface area contributed by atoms with Crippen LogP contribution in [0.1, 0.15) is 48.8 Å². The maximum absolute atomic E-state index is 13.7. The normalized spacial score (nSPS) is 12.6. The standard InChI is InChI=1S/C24H24BF3O3/c1-2-3-4-23(17-5-11-20(26)12-6-17)24(31-25(29)30,18-7-13-21(27)14-8-18)19-9-15-22(28)16-10-19/h5-16,23,29-30H,2-4H2,1H3. The zero-order chi connectivity index (χ0) is 22.4. The van der Waals surface area contributed by atoms with Crippen molar-refractivity contribution in [2.45, 2.75) is 37.7 Å². The first-order valence-electron chi connectivity index (χ1n) is 10.2. The molecule has 0 fully saturated rings. The summed E-state index contributed by atoms with van der Waals surface area (Å²) in [5.41, 5.74) is 0.116. The average molecular weight is 428 g/mol. The first kappa shape index (κ1) is 23.1. The highest BCUT2D eigenvalue weighted by Gasteiger charge is 2.46. The van der Waals surface area contributed by atoms with Crippen molar-refractivity contribution in [2.75, 3.05) is 0 Å². The molecule has 0 saturated carbocycles. The van der Waals surface area contributed by atoms with Crippen molar-refractivity contribution >= 4 is 7.32 Å². The highest BCUT2D eigenvalue weighted by molar-refractivity contribution is 6.32. The number of hydrogen-bond donors (Lipinski definition) is 2. The van der Waals surface area contributed by atoms with Crippen LogP contribution >= 0.6 is 0 Å². The predicted molar refractivity (Wildman–Crippen MR) is 114 cm³/mol. The molecule has 162 valence electrons. The van der Waals surface area contributed by atoms with Gasteiger partial charge in [-0.05, 0) is 59.5 Å². The van der Waals surface area contributed by atoms with Gasteiger partial charge in [-0.3, -0.25) is 0 Å². The van der Waals surface area contributed by atoms with Crippen LogP contribution in [-0.2, 0) is 10.3 Å². The van der Waals surface area contributed by atoms with E-state index < -0.39 is 36.3 Å². The number of benzene rings is 3. The SMILES string of the molecule is CCCCC(c1ccc(F)cc1)C(OB(O)O)(c1ccc(F)cc1)c1ccc(F)cc1. The maximum atomic E-state index is 13.7. The Morgan fingerprint density at radius 1 is 0.774 bits per heavy atom. The Kier molecular flexibility index (Phi) is 7.54. The van der Waals surface area contributed by atoms with Gasteiger partial charge in [0.15, 0.2) is 0 Å². The highest BCUT2D eigenvalue weighted by atomic mass is 19.1. The van der Waals surface area contributed by atoms with E-state index in [1.165, 1.54) is 60.7 Å². The molecular formula is C24H24BF3O3. The summed E-state index contributed by atoms with van der Waals surface area (Å²) in [6.07, 6.45) is 2.16. The second-order valence-corrected chi connectivity index (χ2v) is 7.44. The van der Waals surface area contributed by atoms with Crippen LogP contribution in [0.25, 0.3) is 0 Å². The van der Waals surface area contributed by atoms with Gasteiger partial charge in [0.1, 0.15) is 23.1 Å². The van der Waals surface area contributed by atoms with Crippen molar-refractivity contribution in [3.8, 4) is 0 Å². The lowest BCUT2D eigenvalue weighted by atomic mass is 9.70. The zero-order valence-corrected chi connectivity index (χ0v) is 17.1. The monoisotopic (exact) mass is 428 g/mol. The second kappa shape index (κ2) is 10.1. The van der Waals surface area contributed by atoms with Gasteiger partial charge in [-0.1, -0.05) is 56.2 Å². The van der Waals surface area contributed by atoms with E-state index in [4.69, 9.17) is 4.65 Å². The third kappa shape index (κ3) is 5.18. The van der Waals surface area contributed by atoms with Crippen molar-refractivity contribution in [3.63, 3.8) is 0 Å². The fourth-order valence-corrected chi connectivity index (χ4v) is 4.06. The molecule has 31 heavy (non-hydrogen) atoms. The second-order valence-electron chi connectivity index (χ2n) is 7.44. The largest absolute Gasteiger partial charge is 0.634 e. The lowest BCUT2D eigenvalue weighted by Crippen LogP contribution is -2.43. The van der Waals surface area contributed by atoms with Gasteiger partial charge in [-0.15, -0.1) is 0 Å². The van der Waals surface area contributed by atoms with Gasteiger partial charge < -0.3 is 14.7 Å². The zero-order valence-electron chi connectivity index (χ0n) is 17.1. The molecule has 0 radical (unpaired) electrons. The van der Waals surface area contributed by atoms with Gasteiger partial charge >= 0.3 is 7.32 Å². The van der Waals surface area contributed by atoms with E-state index in [1.807, 2.05) is 6.92 Å². The molecule has 0 aliphatic heterocycles. The first-order valence-corrected chi connectivity index (χ1v) is 10.2. The Labute approximate surface area is 180 Å². The predicted octanol–water partition coefficient (Wildman–Crippen LogP) is 5.31. The molecule has 3 nitrogen and oxygen atoms in total. The fourth-order valence-electron chi connectivity index (χ4n) is 4.06. The van der Waals surface area contributed by atoms with Crippen molar-refractivity contribution < 1.29 is 27.9 Å². The Morgan fingerprint density at radius 3 is 1.58 bits per heavy atom. The Morgan fingerprint density at radius 2 is 1.19 bits per heavy atom. The summed E-state index contributed by atoms with van der Waals surface area (Å²) in [4.78, 5) is 0. The smallest absolute Gasteiger partial charge is 0.402 e. The molecule has 3 aromatic rings. The molecule has 0 heterocycles. The van der Waals surface area contributed by atoms with Gasteiger partial charge in [0, 0.05) is 5.92 Å². The molecule has 0 aliphatic rings. The first-order chi connectivity index (χ1) is 14.9. The van der Waals surface area contributed by atoms with Crippen LogP contribution in [0, 0.1) is 17.5 Å². The molecule has 1 unspecified atom stereocenters. The number of halogens is 3. The van der Waals surface area contributed by atoms with E-state index in [2.05, 4.69) is 0 Å². The summed E-state index contributed by atoms with van der Waals surface area (Å²) in [5.74, 6) is -1.84. The molecule has 0 aromatic heterocycles. The van der Waals surface area contributed by atoms with Crippen LogP contribution in [0.4, 0.5) is 13.2 Å². The van der Waals surface area contributed by atoms with Crippen molar-refractivity contribution in [2.24, 2.45) is 0 Å². The summed E-state index contributed by atoms with van der Waals surface area (Å²) in [6.45, 7) is 2.01. The number of hydrogen-bond acceptors (Lipinski definition) is 3. The van der Waals surface area contributed by atoms with Gasteiger partial charge in [0.2, 0.25) is 0 Å². The summed E-state index contributed by atoms with van der Waals surface area (Å²) in [7, 11) is -2.17. The van der Waals surface area contributed by atoms with Crippen LogP contribution in [0.2, 0.25) is 0 Å². The topological polar surface area (TPSA) is 49.7 Å². The van der Waals surface area contributed by atoms with E-state index >= 15 is 0 Å². The van der Waals surface area contributed by atoms with Gasteiger partial charge in [-0.25, -0.2) is 13.2 Å². The number of rotatable bonds is 9. The molecular weight excluding hydrogens is 404 g/mol. The molecule has 0 bridgehead atoms. The van der Waals surface area contributed by atoms with E-state index in [-0.39, 0.29) is 0 Å². The van der Waals surface area contributed by atoms with Crippen LogP contribution < -0.4 is 0 Å². The lowest BCUT2D eigenvalue weighted by molar-refractivity contribution is 0.0222. The van der Waals surface area contributed by atoms with Gasteiger partial charge in [0.05, 0.1) is 0 Å². The molecule has 0 aliphatic carbocycles. The Bertz CT molecular complexity index is 915. The minimum atomic E-state index is -2.17. The van der Waals surface area contributed by atoms with Crippen molar-refractivity contribution in [1.29, 1.82) is 0 Å². The minimum absolute atomic E-state index is 0.407. The summed E-state index contributed by atoms with van der Waals surface area (Å²) < 4.78 is 46.9. The highest BCUT2D eigenvalue weighted by Crippen LogP contribution is 2.48. The van der Waals surface area contributed by atoms with Crippen LogP contribution in [0.15, 0.2) is 72.8 Å². The lowest BCUT2D eigenvalue weighted by Gasteiger charge is -2.42. The molecule has 3 rings (SSSR count). The van der Waals surface area contributed by atoms with Crippen molar-refractivity contribution in [1.82, 2.24) is 0 Å². The maximum Gasteiger partial charge on any atom is 0.634 e. The van der Waals surface area contributed by atoms with Gasteiger partial charge in [0.25, 0.3) is 0 Å². The summed E-state index contributed by atoms with van der Waals surface area (Å²) in [5, 5.41) is 19.8. The molecule has 3 aromatic carbocycles. The minimum Gasteiger partial charge on any atom is -0.402 e. The van der Waals surface area contributed by atoms with Crippen molar-refractivity contribution in [3.05, 3.63) is 107 Å². The van der Waals surface area contributed by atoms with Gasteiger partial charge in [-0.2, -0.15) is 0 Å².